The van der Waals surface area contributed by atoms with Crippen molar-refractivity contribution in [1.29, 1.82) is 0 Å². The van der Waals surface area contributed by atoms with Crippen LogP contribution in [0, 0.1) is 0 Å². The molecule has 0 aromatic rings. The van der Waals surface area contributed by atoms with Crippen LogP contribution in [0.1, 0.15) is 399 Å². The van der Waals surface area contributed by atoms with Crippen LogP contribution in [0.15, 0.2) is 12.2 Å². The fourth-order valence-corrected chi connectivity index (χ4v) is 11.2. The Morgan fingerprint density at radius 2 is 0.605 bits per heavy atom. The minimum absolute atomic E-state index is 0.0261. The van der Waals surface area contributed by atoms with E-state index in [2.05, 4.69) is 19.2 Å². The van der Waals surface area contributed by atoms with E-state index < -0.39 is 12.1 Å². The normalized spacial score (nSPS) is 12.5. The standard InChI is InChI=1S/C70H137NO5/c1-3-5-7-9-11-13-14-15-16-17-35-38-41-44-48-52-56-60-64-70(75)76-65-61-57-53-49-45-42-39-36-33-31-29-27-25-23-21-19-18-20-22-24-26-28-30-32-34-37-40-43-47-51-55-59-63-69(74)71-67(66-72)68(73)62-58-54-50-46-12-10-8-6-4-2/h58,62,67-68,72-73H,3-57,59-61,63-66H2,1-2H3,(H,71,74)/b62-58+. The molecule has 0 aliphatic carbocycles. The molecule has 2 unspecified atom stereocenters. The van der Waals surface area contributed by atoms with Gasteiger partial charge in [-0.2, -0.15) is 0 Å². The minimum atomic E-state index is -0.838. The van der Waals surface area contributed by atoms with E-state index in [4.69, 9.17) is 4.74 Å². The maximum Gasteiger partial charge on any atom is 0.305 e. The number of esters is 1. The van der Waals surface area contributed by atoms with Crippen LogP contribution in [0.25, 0.3) is 0 Å². The molecule has 6 nitrogen and oxygen atoms in total. The number of carbonyl (C=O) groups excluding carboxylic acids is 2. The summed E-state index contributed by atoms with van der Waals surface area (Å²) in [5, 5.41) is 23.0. The van der Waals surface area contributed by atoms with Crippen LogP contribution >= 0.6 is 0 Å². The van der Waals surface area contributed by atoms with Gasteiger partial charge >= 0.3 is 5.97 Å². The first-order valence-electron chi connectivity index (χ1n) is 35.0. The number of carbonyl (C=O) groups is 2. The van der Waals surface area contributed by atoms with Crippen LogP contribution in [0.5, 0.6) is 0 Å². The fraction of sp³-hybridized carbons (Fsp3) is 0.943. The number of hydrogen-bond acceptors (Lipinski definition) is 5. The van der Waals surface area contributed by atoms with Gasteiger partial charge < -0.3 is 20.3 Å². The average molecular weight is 1070 g/mol. The van der Waals surface area contributed by atoms with Crippen LogP contribution in [0.4, 0.5) is 0 Å². The predicted molar refractivity (Wildman–Crippen MR) is 333 cm³/mol. The first kappa shape index (κ1) is 74.6. The third kappa shape index (κ3) is 61.8. The van der Waals surface area contributed by atoms with Crippen molar-refractivity contribution in [3.8, 4) is 0 Å². The van der Waals surface area contributed by atoms with Crippen LogP contribution in [0.3, 0.4) is 0 Å². The van der Waals surface area contributed by atoms with E-state index in [0.717, 1.165) is 38.5 Å². The van der Waals surface area contributed by atoms with E-state index in [1.165, 1.54) is 334 Å². The summed E-state index contributed by atoms with van der Waals surface area (Å²) in [6, 6.07) is -0.621. The fourth-order valence-electron chi connectivity index (χ4n) is 11.2. The van der Waals surface area contributed by atoms with Gasteiger partial charge in [0.1, 0.15) is 0 Å². The molecule has 0 rings (SSSR count). The van der Waals surface area contributed by atoms with E-state index in [1.807, 2.05) is 6.08 Å². The van der Waals surface area contributed by atoms with E-state index in [0.29, 0.717) is 19.4 Å². The van der Waals surface area contributed by atoms with Crippen molar-refractivity contribution in [3.63, 3.8) is 0 Å². The molecule has 0 bridgehead atoms. The van der Waals surface area contributed by atoms with Crippen LogP contribution in [-0.4, -0.2) is 47.4 Å². The van der Waals surface area contributed by atoms with Gasteiger partial charge in [-0.25, -0.2) is 0 Å². The van der Waals surface area contributed by atoms with Gasteiger partial charge in [0, 0.05) is 12.8 Å². The molecule has 0 heterocycles. The van der Waals surface area contributed by atoms with Gasteiger partial charge in [-0.05, 0) is 32.1 Å². The van der Waals surface area contributed by atoms with Crippen LogP contribution < -0.4 is 5.32 Å². The van der Waals surface area contributed by atoms with Crippen LogP contribution in [-0.2, 0) is 14.3 Å². The predicted octanol–water partition coefficient (Wildman–Crippen LogP) is 22.4. The Bertz CT molecular complexity index is 1140. The molecule has 0 saturated carbocycles. The quantitative estimate of drug-likeness (QED) is 0.0320. The highest BCUT2D eigenvalue weighted by Gasteiger charge is 2.18. The number of nitrogens with one attached hydrogen (secondary N) is 1. The smallest absolute Gasteiger partial charge is 0.305 e. The molecule has 3 N–H and O–H groups in total. The third-order valence-electron chi connectivity index (χ3n) is 16.6. The molecule has 452 valence electrons. The molecule has 1 amide bonds. The van der Waals surface area contributed by atoms with Gasteiger partial charge in [-0.1, -0.05) is 366 Å². The first-order valence-corrected chi connectivity index (χ1v) is 35.0. The topological polar surface area (TPSA) is 95.9 Å². The molecule has 0 aromatic heterocycles. The van der Waals surface area contributed by atoms with E-state index in [9.17, 15) is 19.8 Å². The molecule has 0 radical (unpaired) electrons. The number of ether oxygens (including phenoxy) is 1. The Kier molecular flexibility index (Phi) is 64.9. The summed E-state index contributed by atoms with van der Waals surface area (Å²) in [5.74, 6) is -0.0382. The third-order valence-corrected chi connectivity index (χ3v) is 16.6. The summed E-state index contributed by atoms with van der Waals surface area (Å²) < 4.78 is 5.51. The van der Waals surface area contributed by atoms with Gasteiger partial charge in [-0.15, -0.1) is 0 Å². The molecule has 0 saturated heterocycles. The summed E-state index contributed by atoms with van der Waals surface area (Å²) in [7, 11) is 0. The van der Waals surface area contributed by atoms with Crippen molar-refractivity contribution < 1.29 is 24.5 Å². The van der Waals surface area contributed by atoms with Crippen molar-refractivity contribution in [2.45, 2.75) is 411 Å². The van der Waals surface area contributed by atoms with Gasteiger partial charge in [0.25, 0.3) is 0 Å². The molecular weight excluding hydrogens is 935 g/mol. The number of aliphatic hydroxyl groups excluding tert-OH is 2. The number of rotatable bonds is 66. The Morgan fingerprint density at radius 3 is 0.895 bits per heavy atom. The average Bonchev–Trinajstić information content (AvgIpc) is 3.42. The molecule has 0 spiro atoms. The highest BCUT2D eigenvalue weighted by molar-refractivity contribution is 5.76. The molecule has 0 aliphatic heterocycles. The minimum Gasteiger partial charge on any atom is -0.466 e. The molecule has 0 aliphatic rings. The molecule has 2 atom stereocenters. The van der Waals surface area contributed by atoms with Crippen molar-refractivity contribution in [3.05, 3.63) is 12.2 Å². The van der Waals surface area contributed by atoms with Crippen molar-refractivity contribution in [2.75, 3.05) is 13.2 Å². The Hall–Kier alpha value is -1.40. The second-order valence-corrected chi connectivity index (χ2v) is 24.2. The SMILES string of the molecule is CCCCCCCCC/C=C/C(O)C(CO)NC(=O)CCCCCCCCCCCCCCCCCCCCCCCCCCCCCCCCCCOC(=O)CCCCCCCCCCCCCCCCCCCC. The summed E-state index contributed by atoms with van der Waals surface area (Å²) in [5.41, 5.74) is 0. The summed E-state index contributed by atoms with van der Waals surface area (Å²) >= 11 is 0. The Balaban J connectivity index is 3.27. The van der Waals surface area contributed by atoms with Gasteiger partial charge in [-0.3, -0.25) is 9.59 Å². The summed E-state index contributed by atoms with van der Waals surface area (Å²) in [6.45, 7) is 4.92. The molecule has 0 aromatic carbocycles. The number of amides is 1. The molecular formula is C70H137NO5. The Labute approximate surface area is 476 Å². The largest absolute Gasteiger partial charge is 0.466 e. The lowest BCUT2D eigenvalue weighted by molar-refractivity contribution is -0.143. The monoisotopic (exact) mass is 1070 g/mol. The first-order chi connectivity index (χ1) is 37.5. The Morgan fingerprint density at radius 1 is 0.355 bits per heavy atom. The zero-order valence-corrected chi connectivity index (χ0v) is 51.8. The molecule has 76 heavy (non-hydrogen) atoms. The lowest BCUT2D eigenvalue weighted by Gasteiger charge is -2.20. The van der Waals surface area contributed by atoms with Crippen LogP contribution in [0.2, 0.25) is 0 Å². The highest BCUT2D eigenvalue weighted by atomic mass is 16.5. The van der Waals surface area contributed by atoms with Crippen molar-refractivity contribution in [2.24, 2.45) is 0 Å². The summed E-state index contributed by atoms with van der Waals surface area (Å²) in [6.07, 6.45) is 81.7. The van der Waals surface area contributed by atoms with Gasteiger partial charge in [0.15, 0.2) is 0 Å². The highest BCUT2D eigenvalue weighted by Crippen LogP contribution is 2.19. The second kappa shape index (κ2) is 66.1. The maximum atomic E-state index is 12.4. The van der Waals surface area contributed by atoms with Gasteiger partial charge in [0.05, 0.1) is 25.4 Å². The zero-order chi connectivity index (χ0) is 55.0. The number of allylic oxidation sites excluding steroid dienone is 1. The van der Waals surface area contributed by atoms with E-state index in [1.54, 1.807) is 6.08 Å². The summed E-state index contributed by atoms with van der Waals surface area (Å²) in [4.78, 5) is 24.5. The molecule has 6 heteroatoms. The number of hydrogen-bond donors (Lipinski definition) is 3. The zero-order valence-electron chi connectivity index (χ0n) is 51.8. The van der Waals surface area contributed by atoms with Crippen molar-refractivity contribution >= 4 is 11.9 Å². The lowest BCUT2D eigenvalue weighted by atomic mass is 10.0. The number of aliphatic hydroxyl groups is 2. The second-order valence-electron chi connectivity index (χ2n) is 24.2. The number of unbranched alkanes of at least 4 members (excludes halogenated alkanes) is 55. The van der Waals surface area contributed by atoms with E-state index in [-0.39, 0.29) is 18.5 Å². The maximum absolute atomic E-state index is 12.4. The lowest BCUT2D eigenvalue weighted by Crippen LogP contribution is -2.45. The van der Waals surface area contributed by atoms with Gasteiger partial charge in [0.2, 0.25) is 5.91 Å². The van der Waals surface area contributed by atoms with Crippen molar-refractivity contribution in [1.82, 2.24) is 5.32 Å². The molecule has 0 fully saturated rings. The van der Waals surface area contributed by atoms with E-state index >= 15 is 0 Å².